The minimum absolute atomic E-state index is 0.130. The van der Waals surface area contributed by atoms with Gasteiger partial charge in [0.05, 0.1) is 5.41 Å². The van der Waals surface area contributed by atoms with Crippen molar-refractivity contribution in [1.29, 1.82) is 0 Å². The first-order valence-corrected chi connectivity index (χ1v) is 7.48. The molecule has 1 aromatic rings. The molecule has 1 N–H and O–H groups in total. The molecule has 0 atom stereocenters. The van der Waals surface area contributed by atoms with Crippen molar-refractivity contribution in [3.8, 4) is 0 Å². The van der Waals surface area contributed by atoms with Gasteiger partial charge in [-0.3, -0.25) is 9.59 Å². The Bertz CT molecular complexity index is 531. The van der Waals surface area contributed by atoms with E-state index in [1.165, 1.54) is 11.1 Å². The number of rotatable bonds is 4. The highest BCUT2D eigenvalue weighted by Crippen LogP contribution is 2.31. The number of nitrogens with zero attached hydrogens (tertiary/aromatic N) is 1. The van der Waals surface area contributed by atoms with Gasteiger partial charge in [0.1, 0.15) is 0 Å². The SMILES string of the molecule is Cc1ccccc1CCC(=O)N1CCC(C)(C(=O)O)CC1. The normalized spacial score (nSPS) is 17.5. The lowest BCUT2D eigenvalue weighted by Gasteiger charge is -2.36. The number of hydrogen-bond acceptors (Lipinski definition) is 2. The van der Waals surface area contributed by atoms with Gasteiger partial charge >= 0.3 is 5.97 Å². The second-order valence-electron chi connectivity index (χ2n) is 6.17. The van der Waals surface area contributed by atoms with Crippen LogP contribution < -0.4 is 0 Å². The molecule has 0 spiro atoms. The van der Waals surface area contributed by atoms with Crippen LogP contribution in [-0.2, 0) is 16.0 Å². The van der Waals surface area contributed by atoms with E-state index in [1.54, 1.807) is 6.92 Å². The third-order valence-electron chi connectivity index (χ3n) is 4.61. The fraction of sp³-hybridized carbons (Fsp3) is 0.529. The molecule has 2 rings (SSSR count). The largest absolute Gasteiger partial charge is 0.481 e. The fourth-order valence-corrected chi connectivity index (χ4v) is 2.75. The second kappa shape index (κ2) is 6.29. The molecule has 1 aliphatic rings. The number of aliphatic carboxylic acids is 1. The van der Waals surface area contributed by atoms with Crippen LogP contribution in [0.15, 0.2) is 24.3 Å². The van der Waals surface area contributed by atoms with E-state index in [0.717, 1.165) is 6.42 Å². The molecular weight excluding hydrogens is 266 g/mol. The molecule has 1 fully saturated rings. The van der Waals surface area contributed by atoms with Gasteiger partial charge < -0.3 is 10.0 Å². The molecule has 0 bridgehead atoms. The summed E-state index contributed by atoms with van der Waals surface area (Å²) in [6, 6.07) is 8.10. The molecule has 1 saturated heterocycles. The molecule has 0 unspecified atom stereocenters. The van der Waals surface area contributed by atoms with E-state index in [-0.39, 0.29) is 5.91 Å². The predicted octanol–water partition coefficient (Wildman–Crippen LogP) is 2.64. The van der Waals surface area contributed by atoms with E-state index in [0.29, 0.717) is 32.4 Å². The summed E-state index contributed by atoms with van der Waals surface area (Å²) in [7, 11) is 0. The van der Waals surface area contributed by atoms with Crippen molar-refractivity contribution in [1.82, 2.24) is 4.90 Å². The highest BCUT2D eigenvalue weighted by atomic mass is 16.4. The number of hydrogen-bond donors (Lipinski definition) is 1. The first kappa shape index (κ1) is 15.5. The van der Waals surface area contributed by atoms with E-state index in [4.69, 9.17) is 0 Å². The predicted molar refractivity (Wildman–Crippen MR) is 81.1 cm³/mol. The van der Waals surface area contributed by atoms with Crippen molar-refractivity contribution in [2.45, 2.75) is 39.5 Å². The average Bonchev–Trinajstić information content (AvgIpc) is 2.46. The van der Waals surface area contributed by atoms with E-state index >= 15 is 0 Å². The van der Waals surface area contributed by atoms with Crippen molar-refractivity contribution >= 4 is 11.9 Å². The summed E-state index contributed by atoms with van der Waals surface area (Å²) in [4.78, 5) is 25.2. The minimum Gasteiger partial charge on any atom is -0.481 e. The van der Waals surface area contributed by atoms with Gasteiger partial charge in [0.25, 0.3) is 0 Å². The van der Waals surface area contributed by atoms with Crippen molar-refractivity contribution in [2.24, 2.45) is 5.41 Å². The van der Waals surface area contributed by atoms with E-state index in [9.17, 15) is 14.7 Å². The van der Waals surface area contributed by atoms with Crippen LogP contribution in [0.25, 0.3) is 0 Å². The Balaban J connectivity index is 1.86. The molecule has 0 radical (unpaired) electrons. The number of likely N-dealkylation sites (tertiary alicyclic amines) is 1. The highest BCUT2D eigenvalue weighted by molar-refractivity contribution is 5.78. The fourth-order valence-electron chi connectivity index (χ4n) is 2.75. The molecule has 21 heavy (non-hydrogen) atoms. The third kappa shape index (κ3) is 3.63. The van der Waals surface area contributed by atoms with Crippen LogP contribution in [0.2, 0.25) is 0 Å². The van der Waals surface area contributed by atoms with Crippen LogP contribution in [-0.4, -0.2) is 35.0 Å². The molecule has 4 heteroatoms. The van der Waals surface area contributed by atoms with Crippen LogP contribution in [0, 0.1) is 12.3 Å². The summed E-state index contributed by atoms with van der Waals surface area (Å²) < 4.78 is 0. The summed E-state index contributed by atoms with van der Waals surface area (Å²) in [5.41, 5.74) is 1.74. The van der Waals surface area contributed by atoms with E-state index < -0.39 is 11.4 Å². The van der Waals surface area contributed by atoms with Gasteiger partial charge in [0.15, 0.2) is 0 Å². The Morgan fingerprint density at radius 1 is 1.24 bits per heavy atom. The number of amides is 1. The van der Waals surface area contributed by atoms with Crippen LogP contribution in [0.5, 0.6) is 0 Å². The molecule has 0 saturated carbocycles. The first-order chi connectivity index (χ1) is 9.92. The molecule has 114 valence electrons. The lowest BCUT2D eigenvalue weighted by Crippen LogP contribution is -2.45. The molecule has 1 amide bonds. The van der Waals surface area contributed by atoms with Gasteiger partial charge in [0, 0.05) is 19.5 Å². The Labute approximate surface area is 125 Å². The van der Waals surface area contributed by atoms with Gasteiger partial charge in [-0.15, -0.1) is 0 Å². The first-order valence-electron chi connectivity index (χ1n) is 7.48. The van der Waals surface area contributed by atoms with Gasteiger partial charge in [-0.25, -0.2) is 0 Å². The summed E-state index contributed by atoms with van der Waals surface area (Å²) in [5, 5.41) is 9.20. The standard InChI is InChI=1S/C17H23NO3/c1-13-5-3-4-6-14(13)7-8-15(19)18-11-9-17(2,10-12-18)16(20)21/h3-6H,7-12H2,1-2H3,(H,20,21). The van der Waals surface area contributed by atoms with Crippen molar-refractivity contribution in [3.63, 3.8) is 0 Å². The zero-order chi connectivity index (χ0) is 15.5. The highest BCUT2D eigenvalue weighted by Gasteiger charge is 2.37. The number of aryl methyl sites for hydroxylation is 2. The van der Waals surface area contributed by atoms with Crippen LogP contribution in [0.1, 0.15) is 37.3 Å². The van der Waals surface area contributed by atoms with E-state index in [1.807, 2.05) is 17.0 Å². The number of carbonyl (C=O) groups excluding carboxylic acids is 1. The van der Waals surface area contributed by atoms with Crippen molar-refractivity contribution < 1.29 is 14.7 Å². The smallest absolute Gasteiger partial charge is 0.309 e. The third-order valence-corrected chi connectivity index (χ3v) is 4.61. The number of piperidine rings is 1. The Hall–Kier alpha value is -1.84. The quantitative estimate of drug-likeness (QED) is 0.927. The Morgan fingerprint density at radius 2 is 1.86 bits per heavy atom. The molecule has 0 aliphatic carbocycles. The van der Waals surface area contributed by atoms with Crippen LogP contribution in [0.4, 0.5) is 0 Å². The topological polar surface area (TPSA) is 57.6 Å². The molecule has 1 aliphatic heterocycles. The van der Waals surface area contributed by atoms with Gasteiger partial charge in [-0.2, -0.15) is 0 Å². The van der Waals surface area contributed by atoms with Crippen molar-refractivity contribution in [3.05, 3.63) is 35.4 Å². The maximum Gasteiger partial charge on any atom is 0.309 e. The minimum atomic E-state index is -0.755. The lowest BCUT2D eigenvalue weighted by molar-refractivity contribution is -0.153. The Kier molecular flexibility index (Phi) is 4.66. The van der Waals surface area contributed by atoms with E-state index in [2.05, 4.69) is 19.1 Å². The number of carboxylic acids is 1. The maximum atomic E-state index is 12.2. The summed E-state index contributed by atoms with van der Waals surface area (Å²) in [5.74, 6) is -0.625. The van der Waals surface area contributed by atoms with Gasteiger partial charge in [0.2, 0.25) is 5.91 Å². The average molecular weight is 289 g/mol. The molecule has 1 heterocycles. The Morgan fingerprint density at radius 3 is 2.43 bits per heavy atom. The van der Waals surface area contributed by atoms with Crippen LogP contribution >= 0.6 is 0 Å². The number of carboxylic acid groups (broad SMARTS) is 1. The van der Waals surface area contributed by atoms with Gasteiger partial charge in [-0.05, 0) is 44.2 Å². The maximum absolute atomic E-state index is 12.2. The van der Waals surface area contributed by atoms with Crippen molar-refractivity contribution in [2.75, 3.05) is 13.1 Å². The monoisotopic (exact) mass is 289 g/mol. The van der Waals surface area contributed by atoms with Gasteiger partial charge in [-0.1, -0.05) is 24.3 Å². The summed E-state index contributed by atoms with van der Waals surface area (Å²) >= 11 is 0. The summed E-state index contributed by atoms with van der Waals surface area (Å²) in [6.07, 6.45) is 2.32. The molecule has 1 aromatic carbocycles. The second-order valence-corrected chi connectivity index (χ2v) is 6.17. The molecular formula is C17H23NO3. The zero-order valence-corrected chi connectivity index (χ0v) is 12.8. The molecule has 0 aromatic heterocycles. The zero-order valence-electron chi connectivity index (χ0n) is 12.8. The number of benzene rings is 1. The van der Waals surface area contributed by atoms with Crippen LogP contribution in [0.3, 0.4) is 0 Å². The summed E-state index contributed by atoms with van der Waals surface area (Å²) in [6.45, 7) is 4.92. The molecule has 4 nitrogen and oxygen atoms in total. The lowest BCUT2D eigenvalue weighted by atomic mass is 9.80. The number of carbonyl (C=O) groups is 2.